The Morgan fingerprint density at radius 1 is 1.15 bits per heavy atom. The molecule has 1 N–H and O–H groups in total. The summed E-state index contributed by atoms with van der Waals surface area (Å²) in [5, 5.41) is 2.94. The van der Waals surface area contributed by atoms with Gasteiger partial charge in [-0.15, -0.1) is 0 Å². The number of halogens is 4. The molecular weight excluding hydrogens is 516 g/mol. The first-order valence-electron chi connectivity index (χ1n) is 14.7. The standard InChI is InChI=1S/C33H38F4N2O/c1-3-23-16-29(23)32(30(40)38-19-22-14-25(33(35,36)37)17-26(34)15-22)11-9-27(18-32)39-13-12-31(21(2)20-39)10-8-24-6-4-5-7-28(24)31/h4-8,10,14-15,17,21,23,27,29H,3,9,11-13,16,18-20H2,1-2H3,(H,38,40)/t21-,23?,27?,29?,31-,32?/m0/s1. The number of alkyl halides is 3. The Labute approximate surface area is 234 Å². The lowest BCUT2D eigenvalue weighted by Gasteiger charge is -2.46. The molecule has 1 aliphatic heterocycles. The van der Waals surface area contributed by atoms with Crippen LogP contribution in [0.5, 0.6) is 0 Å². The minimum Gasteiger partial charge on any atom is -0.352 e. The molecule has 3 aliphatic carbocycles. The number of benzene rings is 2. The van der Waals surface area contributed by atoms with Gasteiger partial charge in [0.25, 0.3) is 0 Å². The zero-order valence-electron chi connectivity index (χ0n) is 23.2. The van der Waals surface area contributed by atoms with Gasteiger partial charge in [-0.3, -0.25) is 9.69 Å². The average molecular weight is 555 g/mol. The maximum absolute atomic E-state index is 14.0. The monoisotopic (exact) mass is 554 g/mol. The molecule has 0 aromatic heterocycles. The number of amides is 1. The van der Waals surface area contributed by atoms with E-state index in [2.05, 4.69) is 60.5 Å². The van der Waals surface area contributed by atoms with Crippen molar-refractivity contribution in [3.63, 3.8) is 0 Å². The van der Waals surface area contributed by atoms with Gasteiger partial charge in [-0.25, -0.2) is 4.39 Å². The summed E-state index contributed by atoms with van der Waals surface area (Å²) in [4.78, 5) is 16.4. The molecule has 3 fully saturated rings. The number of carbonyl (C=O) groups excluding carboxylic acids is 1. The Kier molecular flexibility index (Phi) is 6.88. The maximum Gasteiger partial charge on any atom is 0.416 e. The van der Waals surface area contributed by atoms with Crippen LogP contribution in [0.2, 0.25) is 0 Å². The van der Waals surface area contributed by atoms with E-state index >= 15 is 0 Å². The van der Waals surface area contributed by atoms with Crippen LogP contribution in [0.25, 0.3) is 6.08 Å². The van der Waals surface area contributed by atoms with Crippen LogP contribution in [0.1, 0.15) is 74.6 Å². The molecule has 1 spiro atoms. The molecule has 0 radical (unpaired) electrons. The number of rotatable bonds is 6. The van der Waals surface area contributed by atoms with Gasteiger partial charge in [0.05, 0.1) is 11.0 Å². The predicted octanol–water partition coefficient (Wildman–Crippen LogP) is 7.35. The summed E-state index contributed by atoms with van der Waals surface area (Å²) in [5.74, 6) is 0.242. The maximum atomic E-state index is 14.0. The van der Waals surface area contributed by atoms with Crippen LogP contribution in [0.15, 0.2) is 48.5 Å². The first kappa shape index (κ1) is 27.5. The number of allylic oxidation sites excluding steroid dienone is 1. The summed E-state index contributed by atoms with van der Waals surface area (Å²) in [6, 6.07) is 11.5. The van der Waals surface area contributed by atoms with Gasteiger partial charge < -0.3 is 5.32 Å². The summed E-state index contributed by atoms with van der Waals surface area (Å²) < 4.78 is 53.6. The zero-order chi connectivity index (χ0) is 28.3. The number of fused-ring (bicyclic) bond motifs is 2. The fourth-order valence-electron chi connectivity index (χ4n) is 8.28. The Morgan fingerprint density at radius 2 is 1.95 bits per heavy atom. The second-order valence-electron chi connectivity index (χ2n) is 12.7. The lowest BCUT2D eigenvalue weighted by atomic mass is 9.67. The molecule has 40 heavy (non-hydrogen) atoms. The number of likely N-dealkylation sites (tertiary alicyclic amines) is 1. The Hall–Kier alpha value is -2.67. The highest BCUT2D eigenvalue weighted by Gasteiger charge is 2.59. The molecule has 1 amide bonds. The number of piperidine rings is 1. The largest absolute Gasteiger partial charge is 0.416 e. The zero-order valence-corrected chi connectivity index (χ0v) is 23.2. The summed E-state index contributed by atoms with van der Waals surface area (Å²) in [5.41, 5.74) is 1.41. The van der Waals surface area contributed by atoms with E-state index in [0.29, 0.717) is 29.9 Å². The van der Waals surface area contributed by atoms with Crippen LogP contribution in [0.3, 0.4) is 0 Å². The molecule has 3 nitrogen and oxygen atoms in total. The SMILES string of the molecule is CCC1CC1C1(C(=O)NCc2cc(F)cc(C(F)(F)F)c2)CCC(N2CC[C@@]3(C=Cc4ccccc43)[C@@H](C)C2)C1. The van der Waals surface area contributed by atoms with E-state index in [1.54, 1.807) is 0 Å². The highest BCUT2D eigenvalue weighted by molar-refractivity contribution is 5.84. The van der Waals surface area contributed by atoms with Gasteiger partial charge in [0, 0.05) is 24.5 Å². The topological polar surface area (TPSA) is 32.3 Å². The molecule has 0 bridgehead atoms. The van der Waals surface area contributed by atoms with Gasteiger partial charge in [0.2, 0.25) is 5.91 Å². The van der Waals surface area contributed by atoms with Gasteiger partial charge in [-0.05, 0) is 91.3 Å². The highest BCUT2D eigenvalue weighted by Crippen LogP contribution is 2.60. The number of nitrogens with one attached hydrogen (secondary N) is 1. The molecule has 4 aliphatic rings. The van der Waals surface area contributed by atoms with E-state index in [4.69, 9.17) is 0 Å². The second kappa shape index (κ2) is 10.0. The van der Waals surface area contributed by atoms with Crippen LogP contribution in [0.4, 0.5) is 17.6 Å². The van der Waals surface area contributed by atoms with Crippen molar-refractivity contribution in [3.05, 3.63) is 76.6 Å². The average Bonchev–Trinajstić information content (AvgIpc) is 3.44. The third-order valence-electron chi connectivity index (χ3n) is 10.6. The van der Waals surface area contributed by atoms with Gasteiger partial charge >= 0.3 is 6.18 Å². The number of nitrogens with zero attached hydrogens (tertiary/aromatic N) is 1. The number of carbonyl (C=O) groups is 1. The molecule has 7 heteroatoms. The van der Waals surface area contributed by atoms with Crippen LogP contribution in [0, 0.1) is 29.0 Å². The molecule has 1 heterocycles. The Bertz CT molecular complexity index is 1320. The van der Waals surface area contributed by atoms with E-state index in [1.165, 1.54) is 11.1 Å². The summed E-state index contributed by atoms with van der Waals surface area (Å²) in [7, 11) is 0. The Morgan fingerprint density at radius 3 is 2.67 bits per heavy atom. The quantitative estimate of drug-likeness (QED) is 0.379. The Balaban J connectivity index is 1.16. The smallest absolute Gasteiger partial charge is 0.352 e. The van der Waals surface area contributed by atoms with E-state index in [9.17, 15) is 22.4 Å². The van der Waals surface area contributed by atoms with Crippen molar-refractivity contribution >= 4 is 12.0 Å². The molecule has 2 aromatic carbocycles. The molecular formula is C33H38F4N2O. The van der Waals surface area contributed by atoms with Gasteiger partial charge in [0.15, 0.2) is 0 Å². The summed E-state index contributed by atoms with van der Waals surface area (Å²) in [6.45, 7) is 6.36. The van der Waals surface area contributed by atoms with Crippen molar-refractivity contribution < 1.29 is 22.4 Å². The number of hydrogen-bond acceptors (Lipinski definition) is 2. The molecule has 6 atom stereocenters. The number of hydrogen-bond donors (Lipinski definition) is 1. The van der Waals surface area contributed by atoms with Crippen molar-refractivity contribution in [2.24, 2.45) is 23.2 Å². The van der Waals surface area contributed by atoms with Crippen molar-refractivity contribution in [2.75, 3.05) is 13.1 Å². The van der Waals surface area contributed by atoms with Gasteiger partial charge in [0.1, 0.15) is 5.82 Å². The lowest BCUT2D eigenvalue weighted by molar-refractivity contribution is -0.137. The fraction of sp³-hybridized carbons (Fsp3) is 0.545. The van der Waals surface area contributed by atoms with E-state index in [0.717, 1.165) is 63.7 Å². The first-order chi connectivity index (χ1) is 19.1. The molecule has 2 aromatic rings. The van der Waals surface area contributed by atoms with E-state index in [1.807, 2.05) is 0 Å². The predicted molar refractivity (Wildman–Crippen MR) is 148 cm³/mol. The third-order valence-corrected chi connectivity index (χ3v) is 10.6. The normalized spacial score (nSPS) is 33.4. The minimum atomic E-state index is -4.64. The highest BCUT2D eigenvalue weighted by atomic mass is 19.4. The third kappa shape index (κ3) is 4.68. The van der Waals surface area contributed by atoms with E-state index in [-0.39, 0.29) is 23.4 Å². The second-order valence-corrected chi connectivity index (χ2v) is 12.7. The van der Waals surface area contributed by atoms with Crippen LogP contribution in [-0.4, -0.2) is 29.9 Å². The molecule has 214 valence electrons. The van der Waals surface area contributed by atoms with Gasteiger partial charge in [-0.2, -0.15) is 13.2 Å². The molecule has 1 saturated heterocycles. The minimum absolute atomic E-state index is 0.0736. The van der Waals surface area contributed by atoms with Crippen LogP contribution < -0.4 is 5.32 Å². The molecule has 4 unspecified atom stereocenters. The molecule has 2 saturated carbocycles. The van der Waals surface area contributed by atoms with Crippen molar-refractivity contribution in [1.29, 1.82) is 0 Å². The summed E-state index contributed by atoms with van der Waals surface area (Å²) in [6.07, 6.45) is 5.66. The van der Waals surface area contributed by atoms with Gasteiger partial charge in [-0.1, -0.05) is 56.7 Å². The first-order valence-corrected chi connectivity index (χ1v) is 14.7. The fourth-order valence-corrected chi connectivity index (χ4v) is 8.28. The van der Waals surface area contributed by atoms with Crippen molar-refractivity contribution in [2.45, 2.75) is 76.6 Å². The van der Waals surface area contributed by atoms with Crippen molar-refractivity contribution in [1.82, 2.24) is 10.2 Å². The van der Waals surface area contributed by atoms with E-state index < -0.39 is 23.0 Å². The summed E-state index contributed by atoms with van der Waals surface area (Å²) >= 11 is 0. The lowest BCUT2D eigenvalue weighted by Crippen LogP contribution is -2.51. The van der Waals surface area contributed by atoms with Crippen molar-refractivity contribution in [3.8, 4) is 0 Å². The molecule has 6 rings (SSSR count). The van der Waals surface area contributed by atoms with Crippen LogP contribution in [-0.2, 0) is 22.9 Å². The van der Waals surface area contributed by atoms with Crippen LogP contribution >= 0.6 is 0 Å².